The SMILES string of the molecule is COC(=O)c1sc(NCCCCC(F)(F)F)c(SC)c1N. The number of methoxy groups -OCH3 is 1. The van der Waals surface area contributed by atoms with Crippen LogP contribution >= 0.6 is 23.1 Å². The average Bonchev–Trinajstić information content (AvgIpc) is 2.72. The van der Waals surface area contributed by atoms with Crippen LogP contribution in [0.25, 0.3) is 0 Å². The maximum Gasteiger partial charge on any atom is 0.389 e. The summed E-state index contributed by atoms with van der Waals surface area (Å²) in [7, 11) is 1.27. The lowest BCUT2D eigenvalue weighted by Crippen LogP contribution is -2.08. The Morgan fingerprint density at radius 2 is 2.10 bits per heavy atom. The number of esters is 1. The highest BCUT2D eigenvalue weighted by molar-refractivity contribution is 7.99. The summed E-state index contributed by atoms with van der Waals surface area (Å²) in [5, 5.41) is 3.72. The number of nitrogens with one attached hydrogen (secondary N) is 1. The predicted octanol–water partition coefficient (Wildman–Crippen LogP) is 3.98. The Bertz CT molecular complexity index is 490. The lowest BCUT2D eigenvalue weighted by Gasteiger charge is -2.07. The van der Waals surface area contributed by atoms with Crippen molar-refractivity contribution in [2.75, 3.05) is 31.0 Å². The van der Waals surface area contributed by atoms with E-state index in [1.807, 2.05) is 6.26 Å². The van der Waals surface area contributed by atoms with Crippen molar-refractivity contribution in [3.05, 3.63) is 4.88 Å². The number of carbonyl (C=O) groups is 1. The van der Waals surface area contributed by atoms with Crippen molar-refractivity contribution in [1.82, 2.24) is 0 Å². The third kappa shape index (κ3) is 5.31. The van der Waals surface area contributed by atoms with Gasteiger partial charge in [-0.1, -0.05) is 0 Å². The molecule has 21 heavy (non-hydrogen) atoms. The van der Waals surface area contributed by atoms with E-state index in [1.54, 1.807) is 0 Å². The normalized spacial score (nSPS) is 11.5. The van der Waals surface area contributed by atoms with Crippen molar-refractivity contribution in [3.63, 3.8) is 0 Å². The Balaban J connectivity index is 2.61. The molecule has 9 heteroatoms. The molecule has 0 aliphatic heterocycles. The topological polar surface area (TPSA) is 64.3 Å². The minimum atomic E-state index is -4.12. The van der Waals surface area contributed by atoms with Gasteiger partial charge in [0.05, 0.1) is 17.7 Å². The molecule has 0 aromatic carbocycles. The van der Waals surface area contributed by atoms with E-state index in [4.69, 9.17) is 5.73 Å². The van der Waals surface area contributed by atoms with Crippen molar-refractivity contribution in [2.24, 2.45) is 0 Å². The zero-order chi connectivity index (χ0) is 16.0. The molecular formula is C12H17F3N2O2S2. The van der Waals surface area contributed by atoms with Crippen molar-refractivity contribution in [1.29, 1.82) is 0 Å². The first kappa shape index (κ1) is 18.0. The van der Waals surface area contributed by atoms with Crippen LogP contribution in [0.4, 0.5) is 23.9 Å². The lowest BCUT2D eigenvalue weighted by molar-refractivity contribution is -0.135. The highest BCUT2D eigenvalue weighted by Gasteiger charge is 2.26. The first-order valence-electron chi connectivity index (χ1n) is 6.15. The van der Waals surface area contributed by atoms with Gasteiger partial charge in [0.1, 0.15) is 9.88 Å². The van der Waals surface area contributed by atoms with Crippen molar-refractivity contribution in [3.8, 4) is 0 Å². The number of thioether (sulfide) groups is 1. The van der Waals surface area contributed by atoms with E-state index in [1.165, 1.54) is 18.9 Å². The molecule has 0 atom stereocenters. The molecule has 1 heterocycles. The highest BCUT2D eigenvalue weighted by Crippen LogP contribution is 2.41. The monoisotopic (exact) mass is 342 g/mol. The van der Waals surface area contributed by atoms with E-state index in [0.29, 0.717) is 28.5 Å². The number of anilines is 2. The second kappa shape index (κ2) is 7.79. The predicted molar refractivity (Wildman–Crippen MR) is 80.2 cm³/mol. The van der Waals surface area contributed by atoms with E-state index < -0.39 is 18.6 Å². The first-order valence-corrected chi connectivity index (χ1v) is 8.19. The van der Waals surface area contributed by atoms with Crippen molar-refractivity contribution < 1.29 is 22.7 Å². The molecule has 1 rings (SSSR count). The summed E-state index contributed by atoms with van der Waals surface area (Å²) >= 11 is 2.53. The molecule has 0 aliphatic rings. The average molecular weight is 342 g/mol. The Morgan fingerprint density at radius 3 is 2.62 bits per heavy atom. The Labute approximate surface area is 129 Å². The largest absolute Gasteiger partial charge is 0.465 e. The highest BCUT2D eigenvalue weighted by atomic mass is 32.2. The number of nitrogens with two attached hydrogens (primary N) is 1. The van der Waals surface area contributed by atoms with Crippen LogP contribution in [-0.4, -0.2) is 32.1 Å². The van der Waals surface area contributed by atoms with Gasteiger partial charge in [0.25, 0.3) is 0 Å². The molecule has 0 bridgehead atoms. The molecule has 0 radical (unpaired) electrons. The second-order valence-electron chi connectivity index (χ2n) is 4.20. The fourth-order valence-corrected chi connectivity index (χ4v) is 3.62. The lowest BCUT2D eigenvalue weighted by atomic mass is 10.2. The van der Waals surface area contributed by atoms with Crippen LogP contribution < -0.4 is 11.1 Å². The summed E-state index contributed by atoms with van der Waals surface area (Å²) in [5.41, 5.74) is 6.22. The smallest absolute Gasteiger partial charge is 0.389 e. The van der Waals surface area contributed by atoms with Gasteiger partial charge in [-0.2, -0.15) is 13.2 Å². The van der Waals surface area contributed by atoms with E-state index in [9.17, 15) is 18.0 Å². The molecule has 120 valence electrons. The van der Waals surface area contributed by atoms with Gasteiger partial charge in [-0.15, -0.1) is 23.1 Å². The summed E-state index contributed by atoms with van der Waals surface area (Å²) in [6.07, 6.45) is -2.64. The summed E-state index contributed by atoms with van der Waals surface area (Å²) in [6.45, 7) is 0.393. The number of ether oxygens (including phenoxy) is 1. The van der Waals surface area contributed by atoms with Gasteiger partial charge < -0.3 is 15.8 Å². The van der Waals surface area contributed by atoms with E-state index in [2.05, 4.69) is 10.1 Å². The minimum absolute atomic E-state index is 0.0653. The molecule has 3 N–H and O–H groups in total. The number of alkyl halides is 3. The molecule has 4 nitrogen and oxygen atoms in total. The van der Waals surface area contributed by atoms with Crippen LogP contribution in [0.15, 0.2) is 4.90 Å². The third-order valence-electron chi connectivity index (χ3n) is 2.65. The van der Waals surface area contributed by atoms with Gasteiger partial charge in [-0.05, 0) is 19.1 Å². The fraction of sp³-hybridized carbons (Fsp3) is 0.583. The number of thiophene rings is 1. The zero-order valence-corrected chi connectivity index (χ0v) is 13.3. The third-order valence-corrected chi connectivity index (χ3v) is 4.75. The number of unbranched alkanes of at least 4 members (excludes halogenated alkanes) is 1. The van der Waals surface area contributed by atoms with E-state index in [-0.39, 0.29) is 6.42 Å². The van der Waals surface area contributed by atoms with Gasteiger partial charge in [0.15, 0.2) is 0 Å². The fourth-order valence-electron chi connectivity index (χ4n) is 1.64. The number of rotatable bonds is 7. The summed E-state index contributed by atoms with van der Waals surface area (Å²) < 4.78 is 40.7. The number of hydrogen-bond acceptors (Lipinski definition) is 6. The second-order valence-corrected chi connectivity index (χ2v) is 6.03. The molecule has 0 saturated carbocycles. The van der Waals surface area contributed by atoms with Crippen LogP contribution in [-0.2, 0) is 4.74 Å². The first-order chi connectivity index (χ1) is 9.80. The minimum Gasteiger partial charge on any atom is -0.465 e. The molecule has 0 unspecified atom stereocenters. The van der Waals surface area contributed by atoms with Gasteiger partial charge in [0, 0.05) is 13.0 Å². The molecular weight excluding hydrogens is 325 g/mol. The Morgan fingerprint density at radius 1 is 1.43 bits per heavy atom. The van der Waals surface area contributed by atoms with Crippen LogP contribution in [0.2, 0.25) is 0 Å². The van der Waals surface area contributed by atoms with Gasteiger partial charge in [-0.25, -0.2) is 4.79 Å². The molecule has 0 fully saturated rings. The molecule has 1 aromatic rings. The van der Waals surface area contributed by atoms with Gasteiger partial charge in [-0.3, -0.25) is 0 Å². The standard InChI is InChI=1S/C12H17F3N2O2S2/c1-19-11(18)9-7(16)8(20-2)10(21-9)17-6-4-3-5-12(13,14)15/h17H,3-6,16H2,1-2H3. The maximum atomic E-state index is 12.0. The van der Waals surface area contributed by atoms with Crippen molar-refractivity contribution in [2.45, 2.75) is 30.3 Å². The van der Waals surface area contributed by atoms with E-state index in [0.717, 1.165) is 16.2 Å². The quantitative estimate of drug-likeness (QED) is 0.446. The zero-order valence-electron chi connectivity index (χ0n) is 11.7. The molecule has 0 spiro atoms. The molecule has 1 aromatic heterocycles. The van der Waals surface area contributed by atoms with Crippen LogP contribution in [0.3, 0.4) is 0 Å². The number of halogens is 3. The van der Waals surface area contributed by atoms with Crippen LogP contribution in [0.1, 0.15) is 28.9 Å². The number of hydrogen-bond donors (Lipinski definition) is 2. The number of nitrogen functional groups attached to an aromatic ring is 1. The number of carbonyl (C=O) groups excluding carboxylic acids is 1. The Kier molecular flexibility index (Phi) is 6.66. The van der Waals surface area contributed by atoms with Gasteiger partial charge >= 0.3 is 12.1 Å². The van der Waals surface area contributed by atoms with Gasteiger partial charge in [0.2, 0.25) is 0 Å². The molecule has 0 aliphatic carbocycles. The van der Waals surface area contributed by atoms with Crippen LogP contribution in [0.5, 0.6) is 0 Å². The summed E-state index contributed by atoms with van der Waals surface area (Å²) in [5.74, 6) is -0.516. The molecule has 0 amide bonds. The maximum absolute atomic E-state index is 12.0. The summed E-state index contributed by atoms with van der Waals surface area (Å²) in [6, 6.07) is 0. The molecule has 0 saturated heterocycles. The summed E-state index contributed by atoms with van der Waals surface area (Å²) in [4.78, 5) is 12.6. The van der Waals surface area contributed by atoms with E-state index >= 15 is 0 Å². The van der Waals surface area contributed by atoms with Crippen LogP contribution in [0, 0.1) is 0 Å². The Hall–Kier alpha value is -1.09. The van der Waals surface area contributed by atoms with Crippen molar-refractivity contribution >= 4 is 39.8 Å².